The van der Waals surface area contributed by atoms with Crippen LogP contribution in [0, 0.1) is 6.92 Å². The van der Waals surface area contributed by atoms with Gasteiger partial charge in [0, 0.05) is 18.8 Å². The molecule has 1 unspecified atom stereocenters. The Kier molecular flexibility index (Phi) is 6.17. The number of aliphatic hydroxyl groups is 1. The fourth-order valence-corrected chi connectivity index (χ4v) is 3.10. The first-order valence-electron chi connectivity index (χ1n) is 7.53. The highest BCUT2D eigenvalue weighted by Crippen LogP contribution is 2.28. The minimum absolute atomic E-state index is 0. The van der Waals surface area contributed by atoms with Crippen LogP contribution in [0.4, 0.5) is 5.69 Å². The highest BCUT2D eigenvalue weighted by atomic mass is 35.5. The van der Waals surface area contributed by atoms with E-state index >= 15 is 0 Å². The first-order valence-corrected chi connectivity index (χ1v) is 7.91. The number of halogens is 2. The Morgan fingerprint density at radius 1 is 1.26 bits per heavy atom. The van der Waals surface area contributed by atoms with Crippen molar-refractivity contribution in [1.29, 1.82) is 0 Å². The topological polar surface area (TPSA) is 32.7 Å². The number of nitrogens with zero attached hydrogens (tertiary/aromatic N) is 1. The molecule has 0 spiro atoms. The van der Waals surface area contributed by atoms with Gasteiger partial charge in [0.05, 0.1) is 5.02 Å². The zero-order valence-electron chi connectivity index (χ0n) is 13.0. The van der Waals surface area contributed by atoms with Gasteiger partial charge in [-0.15, -0.1) is 12.4 Å². The molecule has 0 aromatic heterocycles. The summed E-state index contributed by atoms with van der Waals surface area (Å²) >= 11 is 6.13. The summed E-state index contributed by atoms with van der Waals surface area (Å²) in [6.07, 6.45) is 0.483. The van der Waals surface area contributed by atoms with Crippen LogP contribution in [-0.2, 0) is 6.42 Å². The van der Waals surface area contributed by atoms with Crippen molar-refractivity contribution in [3.63, 3.8) is 0 Å². The summed E-state index contributed by atoms with van der Waals surface area (Å²) in [7, 11) is 0. The van der Waals surface area contributed by atoms with Crippen molar-refractivity contribution in [3.8, 4) is 5.75 Å². The van der Waals surface area contributed by atoms with E-state index in [1.54, 1.807) is 0 Å². The maximum absolute atomic E-state index is 10.2. The van der Waals surface area contributed by atoms with Gasteiger partial charge >= 0.3 is 0 Å². The van der Waals surface area contributed by atoms with E-state index in [1.807, 2.05) is 31.2 Å². The first-order chi connectivity index (χ1) is 10.6. The van der Waals surface area contributed by atoms with Gasteiger partial charge in [-0.05, 0) is 42.7 Å². The average Bonchev–Trinajstić information content (AvgIpc) is 2.90. The second-order valence-corrected chi connectivity index (χ2v) is 6.13. The monoisotopic (exact) mass is 353 g/mol. The molecule has 3 nitrogen and oxygen atoms in total. The quantitative estimate of drug-likeness (QED) is 0.885. The van der Waals surface area contributed by atoms with Crippen LogP contribution in [0.2, 0.25) is 5.02 Å². The number of aliphatic hydroxyl groups excluding tert-OH is 1. The Bertz CT molecular complexity index is 663. The van der Waals surface area contributed by atoms with E-state index in [0.717, 1.165) is 18.5 Å². The lowest BCUT2D eigenvalue weighted by Crippen LogP contribution is -2.34. The highest BCUT2D eigenvalue weighted by molar-refractivity contribution is 6.32. The predicted octanol–water partition coefficient (Wildman–Crippen LogP) is 3.87. The minimum Gasteiger partial charge on any atom is -0.489 e. The number of para-hydroxylation sites is 1. The molecule has 1 heterocycles. The van der Waals surface area contributed by atoms with Gasteiger partial charge in [0.25, 0.3) is 0 Å². The number of benzene rings is 2. The van der Waals surface area contributed by atoms with Crippen LogP contribution in [0.5, 0.6) is 5.75 Å². The van der Waals surface area contributed by atoms with Gasteiger partial charge in [0.1, 0.15) is 18.5 Å². The van der Waals surface area contributed by atoms with Crippen molar-refractivity contribution < 1.29 is 9.84 Å². The molecule has 2 aromatic rings. The Morgan fingerprint density at radius 3 is 2.83 bits per heavy atom. The average molecular weight is 354 g/mol. The van der Waals surface area contributed by atoms with Crippen LogP contribution in [0.15, 0.2) is 42.5 Å². The van der Waals surface area contributed by atoms with Gasteiger partial charge in [-0.2, -0.15) is 0 Å². The fraction of sp³-hybridized carbons (Fsp3) is 0.333. The third-order valence-electron chi connectivity index (χ3n) is 3.93. The minimum atomic E-state index is -0.552. The smallest absolute Gasteiger partial charge is 0.138 e. The number of rotatable bonds is 5. The summed E-state index contributed by atoms with van der Waals surface area (Å²) in [6.45, 7) is 3.74. The van der Waals surface area contributed by atoms with Crippen LogP contribution >= 0.6 is 24.0 Å². The molecule has 1 N–H and O–H groups in total. The molecule has 1 aliphatic rings. The Labute approximate surface area is 148 Å². The molecule has 0 bridgehead atoms. The Hall–Kier alpha value is -1.42. The second kappa shape index (κ2) is 7.91. The number of hydrogen-bond donors (Lipinski definition) is 1. The first kappa shape index (κ1) is 17.9. The van der Waals surface area contributed by atoms with E-state index in [9.17, 15) is 5.11 Å². The molecule has 5 heteroatoms. The van der Waals surface area contributed by atoms with E-state index in [4.69, 9.17) is 16.3 Å². The lowest BCUT2D eigenvalue weighted by atomic mass is 10.2. The third kappa shape index (κ3) is 4.31. The summed E-state index contributed by atoms with van der Waals surface area (Å²) in [5.41, 5.74) is 3.65. The zero-order chi connectivity index (χ0) is 15.5. The number of anilines is 1. The number of hydrogen-bond acceptors (Lipinski definition) is 3. The van der Waals surface area contributed by atoms with Crippen molar-refractivity contribution in [2.45, 2.75) is 19.4 Å². The van der Waals surface area contributed by atoms with Gasteiger partial charge in [-0.25, -0.2) is 0 Å². The van der Waals surface area contributed by atoms with Crippen LogP contribution < -0.4 is 9.64 Å². The van der Waals surface area contributed by atoms with E-state index in [-0.39, 0.29) is 19.0 Å². The van der Waals surface area contributed by atoms with E-state index in [0.29, 0.717) is 17.3 Å². The lowest BCUT2D eigenvalue weighted by molar-refractivity contribution is 0.112. The van der Waals surface area contributed by atoms with Crippen molar-refractivity contribution in [2.24, 2.45) is 0 Å². The molecule has 0 aliphatic carbocycles. The molecule has 0 amide bonds. The number of ether oxygens (including phenoxy) is 1. The van der Waals surface area contributed by atoms with Gasteiger partial charge in [0.15, 0.2) is 0 Å². The van der Waals surface area contributed by atoms with Crippen LogP contribution in [0.3, 0.4) is 0 Å². The Balaban J connectivity index is 0.00000192. The van der Waals surface area contributed by atoms with Crippen molar-refractivity contribution in [2.75, 3.05) is 24.6 Å². The second-order valence-electron chi connectivity index (χ2n) is 5.72. The molecule has 2 aromatic carbocycles. The normalized spacial score (nSPS) is 14.1. The standard InChI is InChI=1S/C18H20ClNO2.ClH/c1-13-6-7-18(16(19)10-13)22-12-15(21)11-20-9-8-14-4-2-3-5-17(14)20;/h2-7,10,15,21H,8-9,11-12H2,1H3;1H. The number of aryl methyl sites for hydroxylation is 1. The van der Waals surface area contributed by atoms with Crippen molar-refractivity contribution >= 4 is 29.7 Å². The maximum Gasteiger partial charge on any atom is 0.138 e. The molecule has 3 rings (SSSR count). The Morgan fingerprint density at radius 2 is 2.04 bits per heavy atom. The summed E-state index contributed by atoms with van der Waals surface area (Å²) in [5, 5.41) is 10.8. The zero-order valence-corrected chi connectivity index (χ0v) is 14.6. The lowest BCUT2D eigenvalue weighted by Gasteiger charge is -2.23. The number of fused-ring (bicyclic) bond motifs is 1. The van der Waals surface area contributed by atoms with Crippen molar-refractivity contribution in [1.82, 2.24) is 0 Å². The molecule has 1 atom stereocenters. The molecule has 1 aliphatic heterocycles. The highest BCUT2D eigenvalue weighted by Gasteiger charge is 2.21. The van der Waals surface area contributed by atoms with E-state index < -0.39 is 6.10 Å². The van der Waals surface area contributed by atoms with Gasteiger partial charge in [0.2, 0.25) is 0 Å². The maximum atomic E-state index is 10.2. The summed E-state index contributed by atoms with van der Waals surface area (Å²) < 4.78 is 5.64. The molecule has 0 fully saturated rings. The van der Waals surface area contributed by atoms with Crippen LogP contribution in [-0.4, -0.2) is 30.9 Å². The van der Waals surface area contributed by atoms with E-state index in [2.05, 4.69) is 23.1 Å². The molecular weight excluding hydrogens is 333 g/mol. The summed E-state index contributed by atoms with van der Waals surface area (Å²) in [4.78, 5) is 2.21. The molecule has 0 saturated carbocycles. The van der Waals surface area contributed by atoms with Gasteiger partial charge < -0.3 is 14.7 Å². The summed E-state index contributed by atoms with van der Waals surface area (Å²) in [6, 6.07) is 14.0. The van der Waals surface area contributed by atoms with Gasteiger partial charge in [-0.3, -0.25) is 0 Å². The van der Waals surface area contributed by atoms with Crippen LogP contribution in [0.1, 0.15) is 11.1 Å². The summed E-state index contributed by atoms with van der Waals surface area (Å²) in [5.74, 6) is 0.619. The van der Waals surface area contributed by atoms with Crippen LogP contribution in [0.25, 0.3) is 0 Å². The third-order valence-corrected chi connectivity index (χ3v) is 4.23. The molecule has 0 saturated heterocycles. The molecular formula is C18H21Cl2NO2. The largest absolute Gasteiger partial charge is 0.489 e. The molecule has 124 valence electrons. The predicted molar refractivity (Wildman–Crippen MR) is 97.3 cm³/mol. The molecule has 23 heavy (non-hydrogen) atoms. The van der Waals surface area contributed by atoms with E-state index in [1.165, 1.54) is 11.3 Å². The van der Waals surface area contributed by atoms with Crippen molar-refractivity contribution in [3.05, 3.63) is 58.6 Å². The van der Waals surface area contributed by atoms with Gasteiger partial charge in [-0.1, -0.05) is 35.9 Å². The number of β-amino-alcohol motifs (C(OH)–C–C–N with tert-alkyl or cyclic N) is 1. The fourth-order valence-electron chi connectivity index (χ4n) is 2.81. The SMILES string of the molecule is Cc1ccc(OCC(O)CN2CCc3ccccc32)c(Cl)c1.Cl. The molecule has 0 radical (unpaired) electrons.